The van der Waals surface area contributed by atoms with Crippen LogP contribution in [0.5, 0.6) is 11.5 Å². The van der Waals surface area contributed by atoms with E-state index in [1.165, 1.54) is 23.1 Å². The minimum absolute atomic E-state index is 0.714. The van der Waals surface area contributed by atoms with Crippen molar-refractivity contribution in [3.8, 4) is 11.5 Å². The number of methoxy groups -OCH3 is 2. The Hall–Kier alpha value is -1.22. The topological polar surface area (TPSA) is 30.5 Å². The van der Waals surface area contributed by atoms with Crippen LogP contribution < -0.4 is 14.8 Å². The molecule has 3 heteroatoms. The molecule has 1 atom stereocenters. The van der Waals surface area contributed by atoms with E-state index in [1.54, 1.807) is 14.2 Å². The number of rotatable bonds is 4. The Morgan fingerprint density at radius 3 is 2.56 bits per heavy atom. The summed E-state index contributed by atoms with van der Waals surface area (Å²) in [6, 6.07) is 2.14. The normalized spacial score (nSPS) is 19.0. The smallest absolute Gasteiger partial charge is 0.125 e. The van der Waals surface area contributed by atoms with Crippen LogP contribution in [-0.2, 0) is 6.42 Å². The summed E-state index contributed by atoms with van der Waals surface area (Å²) in [4.78, 5) is 0. The van der Waals surface area contributed by atoms with Gasteiger partial charge < -0.3 is 14.8 Å². The minimum Gasteiger partial charge on any atom is -0.496 e. The molecule has 1 aliphatic heterocycles. The lowest BCUT2D eigenvalue weighted by Crippen LogP contribution is -2.12. The maximum atomic E-state index is 5.59. The van der Waals surface area contributed by atoms with Crippen molar-refractivity contribution in [3.63, 3.8) is 0 Å². The van der Waals surface area contributed by atoms with Crippen molar-refractivity contribution in [2.75, 3.05) is 27.3 Å². The van der Waals surface area contributed by atoms with E-state index in [-0.39, 0.29) is 0 Å². The molecular weight excluding hydrogens is 226 g/mol. The van der Waals surface area contributed by atoms with E-state index in [0.29, 0.717) is 5.92 Å². The second-order valence-electron chi connectivity index (χ2n) is 5.08. The molecule has 1 unspecified atom stereocenters. The molecule has 0 amide bonds. The second kappa shape index (κ2) is 5.61. The molecule has 1 aromatic rings. The molecule has 18 heavy (non-hydrogen) atoms. The van der Waals surface area contributed by atoms with Gasteiger partial charge in [0, 0.05) is 0 Å². The van der Waals surface area contributed by atoms with Gasteiger partial charge >= 0.3 is 0 Å². The predicted octanol–water partition coefficient (Wildman–Crippen LogP) is 2.47. The van der Waals surface area contributed by atoms with Crippen LogP contribution in [0.2, 0.25) is 0 Å². The molecule has 0 spiro atoms. The average molecular weight is 249 g/mol. The molecule has 1 fully saturated rings. The third-order valence-electron chi connectivity index (χ3n) is 3.96. The van der Waals surface area contributed by atoms with Gasteiger partial charge in [0.2, 0.25) is 0 Å². The zero-order valence-corrected chi connectivity index (χ0v) is 11.8. The monoisotopic (exact) mass is 249 g/mol. The van der Waals surface area contributed by atoms with Crippen molar-refractivity contribution in [2.24, 2.45) is 5.92 Å². The lowest BCUT2D eigenvalue weighted by Gasteiger charge is -2.18. The Balaban J connectivity index is 2.34. The number of hydrogen-bond donors (Lipinski definition) is 1. The summed E-state index contributed by atoms with van der Waals surface area (Å²) >= 11 is 0. The molecule has 1 aromatic carbocycles. The van der Waals surface area contributed by atoms with E-state index >= 15 is 0 Å². The van der Waals surface area contributed by atoms with Crippen LogP contribution in [0.1, 0.15) is 23.1 Å². The van der Waals surface area contributed by atoms with Gasteiger partial charge in [-0.2, -0.15) is 0 Å². The first-order valence-electron chi connectivity index (χ1n) is 6.59. The first-order valence-corrected chi connectivity index (χ1v) is 6.59. The van der Waals surface area contributed by atoms with Crippen molar-refractivity contribution in [1.82, 2.24) is 5.32 Å². The predicted molar refractivity (Wildman–Crippen MR) is 73.7 cm³/mol. The Morgan fingerprint density at radius 1 is 1.22 bits per heavy atom. The van der Waals surface area contributed by atoms with Gasteiger partial charge in [0.15, 0.2) is 0 Å². The Bertz CT molecular complexity index is 423. The van der Waals surface area contributed by atoms with Gasteiger partial charge in [-0.1, -0.05) is 0 Å². The van der Waals surface area contributed by atoms with Crippen molar-refractivity contribution in [3.05, 3.63) is 22.8 Å². The highest BCUT2D eigenvalue weighted by Crippen LogP contribution is 2.35. The minimum atomic E-state index is 0.714. The summed E-state index contributed by atoms with van der Waals surface area (Å²) in [5, 5.41) is 3.41. The van der Waals surface area contributed by atoms with E-state index in [0.717, 1.165) is 31.0 Å². The molecule has 0 aromatic heterocycles. The third-order valence-corrected chi connectivity index (χ3v) is 3.96. The zero-order chi connectivity index (χ0) is 13.1. The summed E-state index contributed by atoms with van der Waals surface area (Å²) in [6.45, 7) is 6.43. The maximum Gasteiger partial charge on any atom is 0.125 e. The van der Waals surface area contributed by atoms with Gasteiger partial charge in [-0.05, 0) is 68.5 Å². The molecule has 0 bridgehead atoms. The van der Waals surface area contributed by atoms with E-state index in [2.05, 4.69) is 25.2 Å². The number of nitrogens with one attached hydrogen (secondary N) is 1. The standard InChI is InChI=1S/C15H23NO2/c1-10-11(2)15(18-4)13(8-14(10)17-3)7-12-5-6-16-9-12/h8,12,16H,5-7,9H2,1-4H3. The highest BCUT2D eigenvalue weighted by molar-refractivity contribution is 5.52. The van der Waals surface area contributed by atoms with Crippen molar-refractivity contribution in [2.45, 2.75) is 26.7 Å². The third kappa shape index (κ3) is 2.46. The average Bonchev–Trinajstić information content (AvgIpc) is 2.87. The van der Waals surface area contributed by atoms with Gasteiger partial charge in [-0.25, -0.2) is 0 Å². The van der Waals surface area contributed by atoms with Gasteiger partial charge in [-0.3, -0.25) is 0 Å². The first-order chi connectivity index (χ1) is 8.67. The van der Waals surface area contributed by atoms with Crippen LogP contribution in [-0.4, -0.2) is 27.3 Å². The Morgan fingerprint density at radius 2 is 2.00 bits per heavy atom. The Labute approximate surface area is 109 Å². The first kappa shape index (κ1) is 13.2. The van der Waals surface area contributed by atoms with Gasteiger partial charge in [0.25, 0.3) is 0 Å². The lowest BCUT2D eigenvalue weighted by atomic mass is 9.94. The molecule has 1 N–H and O–H groups in total. The van der Waals surface area contributed by atoms with E-state index in [1.807, 2.05) is 0 Å². The number of ether oxygens (including phenoxy) is 2. The quantitative estimate of drug-likeness (QED) is 0.889. The van der Waals surface area contributed by atoms with E-state index in [9.17, 15) is 0 Å². The van der Waals surface area contributed by atoms with Crippen LogP contribution in [0.3, 0.4) is 0 Å². The summed E-state index contributed by atoms with van der Waals surface area (Å²) in [5.41, 5.74) is 3.63. The summed E-state index contributed by atoms with van der Waals surface area (Å²) in [7, 11) is 3.49. The van der Waals surface area contributed by atoms with Crippen molar-refractivity contribution >= 4 is 0 Å². The van der Waals surface area contributed by atoms with Gasteiger partial charge in [0.1, 0.15) is 11.5 Å². The number of hydrogen-bond acceptors (Lipinski definition) is 3. The molecule has 3 nitrogen and oxygen atoms in total. The van der Waals surface area contributed by atoms with Crippen molar-refractivity contribution in [1.29, 1.82) is 0 Å². The van der Waals surface area contributed by atoms with Crippen LogP contribution in [0.25, 0.3) is 0 Å². The van der Waals surface area contributed by atoms with Crippen LogP contribution in [0.15, 0.2) is 6.07 Å². The number of benzene rings is 1. The van der Waals surface area contributed by atoms with Crippen LogP contribution >= 0.6 is 0 Å². The molecule has 1 heterocycles. The fourth-order valence-corrected chi connectivity index (χ4v) is 2.78. The molecule has 0 aliphatic carbocycles. The van der Waals surface area contributed by atoms with Crippen LogP contribution in [0.4, 0.5) is 0 Å². The van der Waals surface area contributed by atoms with E-state index < -0.39 is 0 Å². The largest absolute Gasteiger partial charge is 0.496 e. The van der Waals surface area contributed by atoms with Gasteiger partial charge in [-0.15, -0.1) is 0 Å². The molecule has 100 valence electrons. The summed E-state index contributed by atoms with van der Waals surface area (Å²) < 4.78 is 11.1. The maximum absolute atomic E-state index is 5.59. The molecule has 2 rings (SSSR count). The van der Waals surface area contributed by atoms with Gasteiger partial charge in [0.05, 0.1) is 14.2 Å². The molecule has 1 aliphatic rings. The van der Waals surface area contributed by atoms with E-state index in [4.69, 9.17) is 9.47 Å². The van der Waals surface area contributed by atoms with Crippen LogP contribution in [0, 0.1) is 19.8 Å². The highest BCUT2D eigenvalue weighted by Gasteiger charge is 2.20. The highest BCUT2D eigenvalue weighted by atomic mass is 16.5. The van der Waals surface area contributed by atoms with Crippen molar-refractivity contribution < 1.29 is 9.47 Å². The molecule has 1 saturated heterocycles. The summed E-state index contributed by atoms with van der Waals surface area (Å²) in [5.74, 6) is 2.71. The summed E-state index contributed by atoms with van der Waals surface area (Å²) in [6.07, 6.45) is 2.31. The fourth-order valence-electron chi connectivity index (χ4n) is 2.78. The molecule has 0 saturated carbocycles. The molecule has 0 radical (unpaired) electrons. The SMILES string of the molecule is COc1cc(CC2CCNC2)c(OC)c(C)c1C. The molecular formula is C15H23NO2. The lowest BCUT2D eigenvalue weighted by molar-refractivity contribution is 0.390. The Kier molecular flexibility index (Phi) is 4.12. The zero-order valence-electron chi connectivity index (χ0n) is 11.8. The fraction of sp³-hybridized carbons (Fsp3) is 0.600. The second-order valence-corrected chi connectivity index (χ2v) is 5.08.